The van der Waals surface area contributed by atoms with Crippen LogP contribution in [-0.2, 0) is 4.79 Å². The lowest BCUT2D eigenvalue weighted by Crippen LogP contribution is -2.47. The van der Waals surface area contributed by atoms with Crippen LogP contribution in [0, 0.1) is 6.92 Å². The molecule has 1 amide bonds. The summed E-state index contributed by atoms with van der Waals surface area (Å²) in [5.41, 5.74) is 2.62. The van der Waals surface area contributed by atoms with Crippen LogP contribution >= 0.6 is 11.8 Å². The normalized spacial score (nSPS) is 28.1. The van der Waals surface area contributed by atoms with Gasteiger partial charge in [-0.25, -0.2) is 0 Å². The average molecular weight is 261 g/mol. The Labute approximate surface area is 113 Å². The van der Waals surface area contributed by atoms with E-state index in [0.717, 1.165) is 19.4 Å². The fourth-order valence-corrected chi connectivity index (χ4v) is 4.26. The molecule has 2 atom stereocenters. The van der Waals surface area contributed by atoms with E-state index < -0.39 is 0 Å². The first kappa shape index (κ1) is 12.1. The highest BCUT2D eigenvalue weighted by Crippen LogP contribution is 2.38. The Morgan fingerprint density at radius 3 is 2.83 bits per heavy atom. The van der Waals surface area contributed by atoms with Crippen LogP contribution in [0.25, 0.3) is 0 Å². The predicted octanol–water partition coefficient (Wildman–Crippen LogP) is 3.16. The lowest BCUT2D eigenvalue weighted by atomic mass is 9.88. The van der Waals surface area contributed by atoms with Crippen molar-refractivity contribution in [3.63, 3.8) is 0 Å². The van der Waals surface area contributed by atoms with E-state index in [1.807, 2.05) is 11.8 Å². The molecule has 1 aromatic rings. The summed E-state index contributed by atoms with van der Waals surface area (Å²) in [6.45, 7) is 3.08. The maximum Gasteiger partial charge on any atom is 0.224 e. The van der Waals surface area contributed by atoms with Gasteiger partial charge in [-0.1, -0.05) is 29.8 Å². The van der Waals surface area contributed by atoms with E-state index in [2.05, 4.69) is 36.1 Å². The zero-order chi connectivity index (χ0) is 12.5. The number of amides is 1. The van der Waals surface area contributed by atoms with Crippen LogP contribution in [0.2, 0.25) is 0 Å². The molecule has 0 spiro atoms. The van der Waals surface area contributed by atoms with Gasteiger partial charge in [0.1, 0.15) is 0 Å². The first-order valence-corrected chi connectivity index (χ1v) is 7.76. The topological polar surface area (TPSA) is 20.3 Å². The number of piperidine rings is 1. The van der Waals surface area contributed by atoms with E-state index in [4.69, 9.17) is 0 Å². The van der Waals surface area contributed by atoms with Gasteiger partial charge in [0.05, 0.1) is 5.37 Å². The molecule has 3 heteroatoms. The van der Waals surface area contributed by atoms with Crippen molar-refractivity contribution >= 4 is 17.7 Å². The van der Waals surface area contributed by atoms with E-state index in [9.17, 15) is 4.79 Å². The number of fused-ring (bicyclic) bond motifs is 1. The van der Waals surface area contributed by atoms with Gasteiger partial charge in [0.25, 0.3) is 0 Å². The van der Waals surface area contributed by atoms with E-state index in [0.29, 0.717) is 23.6 Å². The average Bonchev–Trinajstić information content (AvgIpc) is 2.39. The Morgan fingerprint density at radius 2 is 2.06 bits per heavy atom. The van der Waals surface area contributed by atoms with Crippen LogP contribution in [0.4, 0.5) is 0 Å². The second kappa shape index (κ2) is 4.96. The van der Waals surface area contributed by atoms with Gasteiger partial charge in [-0.2, -0.15) is 0 Å². The molecule has 0 radical (unpaired) electrons. The summed E-state index contributed by atoms with van der Waals surface area (Å²) in [5, 5.41) is 0.423. The maximum atomic E-state index is 12.2. The smallest absolute Gasteiger partial charge is 0.224 e. The number of nitrogens with zero attached hydrogens (tertiary/aromatic N) is 1. The highest BCUT2D eigenvalue weighted by molar-refractivity contribution is 7.99. The second-order valence-electron chi connectivity index (χ2n) is 5.31. The van der Waals surface area contributed by atoms with Crippen molar-refractivity contribution in [1.82, 2.24) is 4.90 Å². The number of carbonyl (C=O) groups is 1. The lowest BCUT2D eigenvalue weighted by Gasteiger charge is -2.41. The van der Waals surface area contributed by atoms with Gasteiger partial charge < -0.3 is 4.90 Å². The largest absolute Gasteiger partial charge is 0.331 e. The molecule has 3 rings (SSSR count). The van der Waals surface area contributed by atoms with Gasteiger partial charge in [-0.3, -0.25) is 4.79 Å². The molecule has 0 unspecified atom stereocenters. The van der Waals surface area contributed by atoms with Crippen LogP contribution in [0.3, 0.4) is 0 Å². The minimum absolute atomic E-state index is 0.351. The number of carbonyl (C=O) groups excluding carboxylic acids is 1. The van der Waals surface area contributed by atoms with Crippen LogP contribution in [0.5, 0.6) is 0 Å². The molecular weight excluding hydrogens is 242 g/mol. The molecule has 1 aromatic carbocycles. The summed E-state index contributed by atoms with van der Waals surface area (Å²) < 4.78 is 0. The lowest BCUT2D eigenvalue weighted by molar-refractivity contribution is -0.135. The molecule has 0 aromatic heterocycles. The zero-order valence-electron chi connectivity index (χ0n) is 10.8. The highest BCUT2D eigenvalue weighted by atomic mass is 32.2. The summed E-state index contributed by atoms with van der Waals surface area (Å²) in [6.07, 6.45) is 2.97. The van der Waals surface area contributed by atoms with Crippen LogP contribution in [-0.4, -0.2) is 28.5 Å². The fraction of sp³-hybridized carbons (Fsp3) is 0.533. The Hall–Kier alpha value is -0.960. The molecule has 2 fully saturated rings. The third-order valence-corrected chi connectivity index (χ3v) is 5.33. The van der Waals surface area contributed by atoms with Gasteiger partial charge in [0, 0.05) is 13.0 Å². The number of hydrogen-bond donors (Lipinski definition) is 0. The molecule has 96 valence electrons. The highest BCUT2D eigenvalue weighted by Gasteiger charge is 2.36. The molecular formula is C15H19NOS. The molecule has 2 aliphatic heterocycles. The minimum atomic E-state index is 0.351. The van der Waals surface area contributed by atoms with E-state index in [1.165, 1.54) is 16.9 Å². The SMILES string of the molecule is Cc1ccc([C@H]2CC(=O)N3CCCS[C@H]3C2)cc1. The number of hydrogen-bond acceptors (Lipinski definition) is 2. The first-order chi connectivity index (χ1) is 8.74. The van der Waals surface area contributed by atoms with Crippen molar-refractivity contribution in [3.05, 3.63) is 35.4 Å². The molecule has 0 saturated carbocycles. The standard InChI is InChI=1S/C15H19NOS/c1-11-3-5-12(6-4-11)13-9-14(17)16-7-2-8-18-15(16)10-13/h3-6,13,15H,2,7-10H2,1H3/t13-,15-/m0/s1. The van der Waals surface area contributed by atoms with E-state index >= 15 is 0 Å². The van der Waals surface area contributed by atoms with Gasteiger partial charge in [-0.15, -0.1) is 11.8 Å². The Kier molecular flexibility index (Phi) is 3.33. The number of aryl methyl sites for hydroxylation is 1. The summed E-state index contributed by atoms with van der Waals surface area (Å²) in [4.78, 5) is 14.3. The second-order valence-corrected chi connectivity index (χ2v) is 6.60. The molecule has 0 N–H and O–H groups in total. The van der Waals surface area contributed by atoms with Crippen molar-refractivity contribution in [3.8, 4) is 0 Å². The van der Waals surface area contributed by atoms with Crippen LogP contribution in [0.1, 0.15) is 36.3 Å². The zero-order valence-corrected chi connectivity index (χ0v) is 11.6. The summed E-state index contributed by atoms with van der Waals surface area (Å²) >= 11 is 1.96. The molecule has 2 saturated heterocycles. The molecule has 0 bridgehead atoms. The number of rotatable bonds is 1. The maximum absolute atomic E-state index is 12.2. The Balaban J connectivity index is 1.78. The Morgan fingerprint density at radius 1 is 1.28 bits per heavy atom. The minimum Gasteiger partial charge on any atom is -0.331 e. The summed E-state index contributed by atoms with van der Waals surface area (Å²) in [5.74, 6) is 1.98. The molecule has 2 heterocycles. The molecule has 18 heavy (non-hydrogen) atoms. The van der Waals surface area contributed by atoms with Gasteiger partial charge >= 0.3 is 0 Å². The van der Waals surface area contributed by atoms with Gasteiger partial charge in [-0.05, 0) is 37.0 Å². The number of benzene rings is 1. The van der Waals surface area contributed by atoms with Crippen molar-refractivity contribution in [2.24, 2.45) is 0 Å². The molecule has 0 aliphatic carbocycles. The fourth-order valence-electron chi connectivity index (χ4n) is 2.92. The summed E-state index contributed by atoms with van der Waals surface area (Å²) in [7, 11) is 0. The monoisotopic (exact) mass is 261 g/mol. The van der Waals surface area contributed by atoms with E-state index in [1.54, 1.807) is 0 Å². The van der Waals surface area contributed by atoms with Crippen molar-refractivity contribution in [2.75, 3.05) is 12.3 Å². The van der Waals surface area contributed by atoms with Gasteiger partial charge in [0.2, 0.25) is 5.91 Å². The quantitative estimate of drug-likeness (QED) is 0.774. The van der Waals surface area contributed by atoms with Crippen molar-refractivity contribution in [1.29, 1.82) is 0 Å². The molecule has 2 aliphatic rings. The number of thioether (sulfide) groups is 1. The van der Waals surface area contributed by atoms with Crippen molar-refractivity contribution < 1.29 is 4.79 Å². The first-order valence-electron chi connectivity index (χ1n) is 6.71. The van der Waals surface area contributed by atoms with Crippen molar-refractivity contribution in [2.45, 2.75) is 37.5 Å². The van der Waals surface area contributed by atoms with Gasteiger partial charge in [0.15, 0.2) is 0 Å². The molecule has 2 nitrogen and oxygen atoms in total. The van der Waals surface area contributed by atoms with E-state index in [-0.39, 0.29) is 0 Å². The third kappa shape index (κ3) is 2.28. The van der Waals surface area contributed by atoms with Crippen LogP contribution < -0.4 is 0 Å². The van der Waals surface area contributed by atoms with Crippen LogP contribution in [0.15, 0.2) is 24.3 Å². The Bertz CT molecular complexity index is 442. The summed E-state index contributed by atoms with van der Waals surface area (Å²) in [6, 6.07) is 8.69. The predicted molar refractivity (Wildman–Crippen MR) is 75.7 cm³/mol. The third-order valence-electron chi connectivity index (χ3n) is 3.98.